The van der Waals surface area contributed by atoms with Crippen LogP contribution >= 0.6 is 0 Å². The molecule has 0 fully saturated rings. The van der Waals surface area contributed by atoms with Gasteiger partial charge in [0.25, 0.3) is 5.69 Å². The molecular formula is C12H14N6O7. The van der Waals surface area contributed by atoms with Crippen molar-refractivity contribution >= 4 is 17.3 Å². The number of benzene rings is 1. The van der Waals surface area contributed by atoms with Gasteiger partial charge in [0.15, 0.2) is 0 Å². The Morgan fingerprint density at radius 1 is 1.08 bits per heavy atom. The first-order valence-corrected chi connectivity index (χ1v) is 6.71. The molecule has 134 valence electrons. The second-order valence-corrected chi connectivity index (χ2v) is 5.10. The lowest BCUT2D eigenvalue weighted by molar-refractivity contribution is -0.779. The summed E-state index contributed by atoms with van der Waals surface area (Å²) in [5.74, 6) is -1.36. The van der Waals surface area contributed by atoms with Crippen LogP contribution in [0.3, 0.4) is 0 Å². The first kappa shape index (κ1) is 19.5. The van der Waals surface area contributed by atoms with E-state index in [2.05, 4.69) is 10.2 Å². The van der Waals surface area contributed by atoms with E-state index >= 15 is 0 Å². The lowest BCUT2D eigenvalue weighted by Crippen LogP contribution is -2.63. The highest BCUT2D eigenvalue weighted by Gasteiger charge is 2.70. The molecule has 1 atom stereocenters. The molecule has 0 N–H and O–H groups in total. The molecule has 0 aliphatic heterocycles. The number of hydrogen-bond acceptors (Lipinski definition) is 9. The van der Waals surface area contributed by atoms with Gasteiger partial charge >= 0.3 is 11.6 Å². The Bertz CT molecular complexity index is 716. The Labute approximate surface area is 140 Å². The lowest BCUT2D eigenvalue weighted by atomic mass is 10.0. The van der Waals surface area contributed by atoms with Gasteiger partial charge in [0.05, 0.1) is 10.6 Å². The minimum atomic E-state index is -3.23. The Morgan fingerprint density at radius 2 is 1.56 bits per heavy atom. The van der Waals surface area contributed by atoms with Gasteiger partial charge in [-0.3, -0.25) is 35.1 Å². The summed E-state index contributed by atoms with van der Waals surface area (Å²) < 4.78 is 0. The minimum absolute atomic E-state index is 0.0790. The van der Waals surface area contributed by atoms with E-state index in [-0.39, 0.29) is 11.4 Å². The van der Waals surface area contributed by atoms with Crippen LogP contribution in [0.1, 0.15) is 6.92 Å². The average molecular weight is 354 g/mol. The number of likely N-dealkylation sites (N-methyl/N-ethyl adjacent to an activating group) is 1. The monoisotopic (exact) mass is 354 g/mol. The number of nitro groups is 3. The molecule has 0 bridgehead atoms. The van der Waals surface area contributed by atoms with E-state index in [1.165, 1.54) is 12.1 Å². The van der Waals surface area contributed by atoms with Gasteiger partial charge in [0.1, 0.15) is 9.85 Å². The second kappa shape index (κ2) is 7.37. The number of nitro benzene ring substituents is 1. The van der Waals surface area contributed by atoms with E-state index in [1.807, 2.05) is 0 Å². The first-order valence-electron chi connectivity index (χ1n) is 6.71. The van der Waals surface area contributed by atoms with Crippen LogP contribution in [-0.2, 0) is 4.79 Å². The van der Waals surface area contributed by atoms with Crippen LogP contribution in [0.25, 0.3) is 0 Å². The van der Waals surface area contributed by atoms with E-state index in [9.17, 15) is 35.1 Å². The summed E-state index contributed by atoms with van der Waals surface area (Å²) in [6.45, 7) is 1.02. The molecule has 1 aromatic carbocycles. The van der Waals surface area contributed by atoms with Gasteiger partial charge in [-0.25, -0.2) is 0 Å². The fourth-order valence-electron chi connectivity index (χ4n) is 1.91. The van der Waals surface area contributed by atoms with Gasteiger partial charge in [0.2, 0.25) is 6.04 Å². The third-order valence-corrected chi connectivity index (χ3v) is 3.27. The van der Waals surface area contributed by atoms with Crippen LogP contribution in [0.2, 0.25) is 0 Å². The van der Waals surface area contributed by atoms with Crippen LogP contribution in [-0.4, -0.2) is 51.4 Å². The Hall–Kier alpha value is -3.51. The maximum atomic E-state index is 12.1. The number of rotatable bonds is 7. The zero-order valence-electron chi connectivity index (χ0n) is 13.4. The summed E-state index contributed by atoms with van der Waals surface area (Å²) in [6.07, 6.45) is 0. The number of hydrogen-bond donors (Lipinski definition) is 0. The number of nitrogens with zero attached hydrogens (tertiary/aromatic N) is 6. The summed E-state index contributed by atoms with van der Waals surface area (Å²) >= 11 is 0. The van der Waals surface area contributed by atoms with Crippen molar-refractivity contribution in [2.45, 2.75) is 18.6 Å². The SMILES string of the molecule is CC(N=Nc1ccc([N+](=O)[O-])cc1)C(C(=O)N(C)C)([N+](=O)[O-])[N+](=O)[O-]. The third kappa shape index (κ3) is 3.70. The molecule has 0 radical (unpaired) electrons. The standard InChI is InChI=1S/C12H14N6O7/c1-8(12(17(22)23,18(24)25)11(19)15(2)3)13-14-9-4-6-10(7-5-9)16(20)21/h4-8H,1-3H3. The molecule has 13 nitrogen and oxygen atoms in total. The Kier molecular flexibility index (Phi) is 5.76. The van der Waals surface area contributed by atoms with Crippen LogP contribution in [0.4, 0.5) is 11.4 Å². The van der Waals surface area contributed by atoms with Crippen molar-refractivity contribution in [3.63, 3.8) is 0 Å². The zero-order valence-corrected chi connectivity index (χ0v) is 13.4. The van der Waals surface area contributed by atoms with Crippen LogP contribution in [0, 0.1) is 30.3 Å². The largest absolute Gasteiger partial charge is 0.558 e. The molecule has 25 heavy (non-hydrogen) atoms. The van der Waals surface area contributed by atoms with Crippen LogP contribution < -0.4 is 0 Å². The summed E-state index contributed by atoms with van der Waals surface area (Å²) in [6, 6.07) is 2.93. The van der Waals surface area contributed by atoms with Crippen molar-refractivity contribution in [2.75, 3.05) is 14.1 Å². The third-order valence-electron chi connectivity index (χ3n) is 3.27. The van der Waals surface area contributed by atoms with E-state index < -0.39 is 32.4 Å². The minimum Gasteiger partial charge on any atom is -0.336 e. The quantitative estimate of drug-likeness (QED) is 0.307. The molecule has 1 amide bonds. The van der Waals surface area contributed by atoms with Crippen LogP contribution in [0.5, 0.6) is 0 Å². The van der Waals surface area contributed by atoms with Gasteiger partial charge in [0, 0.05) is 26.2 Å². The highest BCUT2D eigenvalue weighted by Crippen LogP contribution is 2.24. The number of carbonyl (C=O) groups is 1. The van der Waals surface area contributed by atoms with Crippen molar-refractivity contribution in [2.24, 2.45) is 10.2 Å². The zero-order chi connectivity index (χ0) is 19.4. The van der Waals surface area contributed by atoms with E-state index in [0.29, 0.717) is 0 Å². The molecule has 0 aromatic heterocycles. The van der Waals surface area contributed by atoms with Crippen molar-refractivity contribution in [3.05, 3.63) is 54.6 Å². The number of amides is 1. The maximum absolute atomic E-state index is 12.1. The van der Waals surface area contributed by atoms with Crippen molar-refractivity contribution in [1.82, 2.24) is 4.90 Å². The van der Waals surface area contributed by atoms with Gasteiger partial charge in [-0.2, -0.15) is 10.2 Å². The summed E-state index contributed by atoms with van der Waals surface area (Å²) in [5, 5.41) is 40.3. The molecule has 0 saturated heterocycles. The van der Waals surface area contributed by atoms with Gasteiger partial charge in [-0.1, -0.05) is 0 Å². The topological polar surface area (TPSA) is 174 Å². The van der Waals surface area contributed by atoms with Crippen molar-refractivity contribution in [3.8, 4) is 0 Å². The number of non-ortho nitro benzene ring substituents is 1. The molecule has 0 aliphatic carbocycles. The predicted octanol–water partition coefficient (Wildman–Crippen LogP) is 1.40. The fourth-order valence-corrected chi connectivity index (χ4v) is 1.91. The van der Waals surface area contributed by atoms with Gasteiger partial charge in [-0.15, -0.1) is 0 Å². The maximum Gasteiger partial charge on any atom is 0.558 e. The molecule has 0 saturated carbocycles. The number of carbonyl (C=O) groups excluding carboxylic acids is 1. The highest BCUT2D eigenvalue weighted by molar-refractivity contribution is 5.83. The Balaban J connectivity index is 3.24. The summed E-state index contributed by atoms with van der Waals surface area (Å²) in [7, 11) is 2.29. The lowest BCUT2D eigenvalue weighted by Gasteiger charge is -2.21. The number of azo groups is 1. The molecular weight excluding hydrogens is 340 g/mol. The molecule has 0 spiro atoms. The summed E-state index contributed by atoms with van der Waals surface area (Å²) in [5.41, 5.74) is -3.36. The van der Waals surface area contributed by atoms with E-state index in [1.54, 1.807) is 0 Å². The second-order valence-electron chi connectivity index (χ2n) is 5.10. The summed E-state index contributed by atoms with van der Waals surface area (Å²) in [4.78, 5) is 42.8. The predicted molar refractivity (Wildman–Crippen MR) is 82.5 cm³/mol. The van der Waals surface area contributed by atoms with Gasteiger partial charge in [-0.05, 0) is 19.1 Å². The molecule has 13 heteroatoms. The normalized spacial score (nSPS) is 12.6. The van der Waals surface area contributed by atoms with Crippen molar-refractivity contribution in [1.29, 1.82) is 0 Å². The Morgan fingerprint density at radius 3 is 1.92 bits per heavy atom. The molecule has 1 aromatic rings. The van der Waals surface area contributed by atoms with E-state index in [4.69, 9.17) is 0 Å². The first-order chi connectivity index (χ1) is 11.5. The molecule has 1 unspecified atom stereocenters. The molecule has 1 rings (SSSR count). The van der Waals surface area contributed by atoms with Crippen LogP contribution in [0.15, 0.2) is 34.5 Å². The smallest absolute Gasteiger partial charge is 0.336 e. The fraction of sp³-hybridized carbons (Fsp3) is 0.417. The molecule has 0 heterocycles. The average Bonchev–Trinajstić information content (AvgIpc) is 2.52. The highest BCUT2D eigenvalue weighted by atomic mass is 16.7. The van der Waals surface area contributed by atoms with E-state index in [0.717, 1.165) is 38.1 Å². The molecule has 0 aliphatic rings. The van der Waals surface area contributed by atoms with Gasteiger partial charge < -0.3 is 4.90 Å². The van der Waals surface area contributed by atoms with Crippen molar-refractivity contribution < 1.29 is 19.6 Å².